The van der Waals surface area contributed by atoms with Crippen LogP contribution in [-0.4, -0.2) is 56.6 Å². The molecule has 9 heteroatoms. The van der Waals surface area contributed by atoms with Crippen LogP contribution in [0.5, 0.6) is 0 Å². The molecule has 1 aliphatic heterocycles. The molecule has 0 N–H and O–H groups in total. The lowest BCUT2D eigenvalue weighted by atomic mass is 10.1. The molecule has 0 atom stereocenters. The van der Waals surface area contributed by atoms with Crippen LogP contribution in [0.4, 0.5) is 5.82 Å². The molecule has 3 aromatic rings. The number of nitrogens with zero attached hydrogens (tertiary/aromatic N) is 5. The van der Waals surface area contributed by atoms with Crippen molar-refractivity contribution in [2.45, 2.75) is 26.9 Å². The Labute approximate surface area is 184 Å². The minimum Gasteiger partial charge on any atom is -0.358 e. The molecule has 0 unspecified atom stereocenters. The van der Waals surface area contributed by atoms with Crippen LogP contribution in [-0.2, 0) is 13.1 Å². The molecule has 0 radical (unpaired) electrons. The van der Waals surface area contributed by atoms with Crippen LogP contribution in [0.3, 0.4) is 0 Å². The van der Waals surface area contributed by atoms with E-state index in [9.17, 15) is 14.9 Å². The highest BCUT2D eigenvalue weighted by Gasteiger charge is 2.24. The van der Waals surface area contributed by atoms with Crippen molar-refractivity contribution in [2.75, 3.05) is 26.2 Å². The fourth-order valence-corrected chi connectivity index (χ4v) is 4.69. The molecule has 31 heavy (non-hydrogen) atoms. The number of rotatable bonds is 6. The lowest BCUT2D eigenvalue weighted by molar-refractivity contribution is -0.389. The molecular formula is C22H25N5O3S. The SMILES string of the molecule is Cc1cccc(CN2CCN(C(=O)c3cc(Cn4nc([N+](=O)[O-])cc4C)cs3)CC2)c1. The van der Waals surface area contributed by atoms with E-state index in [1.165, 1.54) is 28.5 Å². The molecule has 1 aliphatic rings. The van der Waals surface area contributed by atoms with Crippen LogP contribution in [0.15, 0.2) is 41.8 Å². The normalized spacial score (nSPS) is 14.7. The number of aryl methyl sites for hydroxylation is 2. The summed E-state index contributed by atoms with van der Waals surface area (Å²) in [6, 6.07) is 11.9. The summed E-state index contributed by atoms with van der Waals surface area (Å²) >= 11 is 1.41. The molecule has 0 aliphatic carbocycles. The van der Waals surface area contributed by atoms with Gasteiger partial charge in [0.05, 0.1) is 28.3 Å². The molecule has 0 bridgehead atoms. The zero-order valence-electron chi connectivity index (χ0n) is 17.7. The van der Waals surface area contributed by atoms with Crippen molar-refractivity contribution < 1.29 is 9.72 Å². The van der Waals surface area contributed by atoms with Gasteiger partial charge >= 0.3 is 5.82 Å². The highest BCUT2D eigenvalue weighted by molar-refractivity contribution is 7.12. The van der Waals surface area contributed by atoms with Crippen LogP contribution < -0.4 is 0 Å². The van der Waals surface area contributed by atoms with E-state index in [-0.39, 0.29) is 11.7 Å². The maximum absolute atomic E-state index is 12.9. The lowest BCUT2D eigenvalue weighted by Gasteiger charge is -2.34. The van der Waals surface area contributed by atoms with Gasteiger partial charge in [0.15, 0.2) is 0 Å². The fourth-order valence-electron chi connectivity index (χ4n) is 3.82. The summed E-state index contributed by atoms with van der Waals surface area (Å²) in [5.74, 6) is -0.109. The molecule has 0 spiro atoms. The maximum Gasteiger partial charge on any atom is 0.390 e. The summed E-state index contributed by atoms with van der Waals surface area (Å²) in [6.07, 6.45) is 0. The fraction of sp³-hybridized carbons (Fsp3) is 0.364. The van der Waals surface area contributed by atoms with Crippen molar-refractivity contribution in [2.24, 2.45) is 0 Å². The van der Waals surface area contributed by atoms with Gasteiger partial charge in [0, 0.05) is 32.7 Å². The minimum absolute atomic E-state index is 0.0506. The van der Waals surface area contributed by atoms with Crippen molar-refractivity contribution in [3.63, 3.8) is 0 Å². The van der Waals surface area contributed by atoms with Gasteiger partial charge in [-0.2, -0.15) is 4.68 Å². The first-order chi connectivity index (χ1) is 14.9. The molecule has 1 aromatic carbocycles. The van der Waals surface area contributed by atoms with Crippen molar-refractivity contribution in [3.8, 4) is 0 Å². The zero-order valence-corrected chi connectivity index (χ0v) is 18.5. The van der Waals surface area contributed by atoms with Crippen LogP contribution in [0.2, 0.25) is 0 Å². The summed E-state index contributed by atoms with van der Waals surface area (Å²) in [7, 11) is 0. The third-order valence-electron chi connectivity index (χ3n) is 5.50. The van der Waals surface area contributed by atoms with Gasteiger partial charge in [0.25, 0.3) is 5.91 Å². The average Bonchev–Trinajstić information content (AvgIpc) is 3.35. The first-order valence-corrected chi connectivity index (χ1v) is 11.1. The predicted octanol–water partition coefficient (Wildman–Crippen LogP) is 3.48. The molecule has 2 aromatic heterocycles. The smallest absolute Gasteiger partial charge is 0.358 e. The Morgan fingerprint density at radius 2 is 1.87 bits per heavy atom. The third kappa shape index (κ3) is 5.00. The second-order valence-corrected chi connectivity index (χ2v) is 8.85. The van der Waals surface area contributed by atoms with Crippen molar-refractivity contribution in [3.05, 3.63) is 79.2 Å². The van der Waals surface area contributed by atoms with E-state index in [2.05, 4.69) is 41.2 Å². The van der Waals surface area contributed by atoms with E-state index in [0.29, 0.717) is 24.5 Å². The standard InChI is InChI=1S/C22H25N5O3S/c1-16-4-3-5-18(10-16)13-24-6-8-25(9-7-24)22(28)20-12-19(15-31-20)14-26-17(2)11-21(23-26)27(29)30/h3-5,10-12,15H,6-9,13-14H2,1-2H3. The summed E-state index contributed by atoms with van der Waals surface area (Å²) in [6.45, 7) is 8.34. The number of amides is 1. The maximum atomic E-state index is 12.9. The summed E-state index contributed by atoms with van der Waals surface area (Å²) in [4.78, 5) is 28.3. The van der Waals surface area contributed by atoms with Gasteiger partial charge in [-0.25, -0.2) is 0 Å². The largest absolute Gasteiger partial charge is 0.390 e. The number of carbonyl (C=O) groups is 1. The van der Waals surface area contributed by atoms with E-state index in [0.717, 1.165) is 30.9 Å². The molecule has 1 fully saturated rings. The van der Waals surface area contributed by atoms with Crippen LogP contribution in [0, 0.1) is 24.0 Å². The van der Waals surface area contributed by atoms with E-state index in [1.807, 2.05) is 16.3 Å². The van der Waals surface area contributed by atoms with Gasteiger partial charge in [-0.1, -0.05) is 29.8 Å². The minimum atomic E-state index is -0.495. The van der Waals surface area contributed by atoms with Gasteiger partial charge < -0.3 is 15.0 Å². The Morgan fingerprint density at radius 1 is 1.10 bits per heavy atom. The first-order valence-electron chi connectivity index (χ1n) is 10.2. The Morgan fingerprint density at radius 3 is 2.55 bits per heavy atom. The van der Waals surface area contributed by atoms with Gasteiger partial charge in [0.2, 0.25) is 0 Å². The zero-order chi connectivity index (χ0) is 22.0. The lowest BCUT2D eigenvalue weighted by Crippen LogP contribution is -2.48. The van der Waals surface area contributed by atoms with Gasteiger partial charge in [0.1, 0.15) is 0 Å². The second kappa shape index (κ2) is 8.99. The number of carbonyl (C=O) groups excluding carboxylic acids is 1. The highest BCUT2D eigenvalue weighted by Crippen LogP contribution is 2.21. The van der Waals surface area contributed by atoms with Gasteiger partial charge in [-0.05, 0) is 41.3 Å². The Kier molecular flexibility index (Phi) is 6.15. The van der Waals surface area contributed by atoms with Crippen LogP contribution in [0.1, 0.15) is 32.1 Å². The molecule has 1 amide bonds. The molecular weight excluding hydrogens is 414 g/mol. The summed E-state index contributed by atoms with van der Waals surface area (Å²) in [5.41, 5.74) is 4.21. The topological polar surface area (TPSA) is 84.5 Å². The van der Waals surface area contributed by atoms with E-state index in [4.69, 9.17) is 0 Å². The molecule has 8 nitrogen and oxygen atoms in total. The Hall–Kier alpha value is -3.04. The van der Waals surface area contributed by atoms with Crippen LogP contribution >= 0.6 is 11.3 Å². The molecule has 3 heterocycles. The number of aromatic nitrogens is 2. The highest BCUT2D eigenvalue weighted by atomic mass is 32.1. The third-order valence-corrected chi connectivity index (χ3v) is 6.47. The number of piperazine rings is 1. The first kappa shape index (κ1) is 21.2. The number of benzene rings is 1. The van der Waals surface area contributed by atoms with Crippen LogP contribution in [0.25, 0.3) is 0 Å². The number of nitro groups is 1. The Bertz CT molecular complexity index is 1100. The molecule has 4 rings (SSSR count). The average molecular weight is 440 g/mol. The monoisotopic (exact) mass is 439 g/mol. The quantitative estimate of drug-likeness (QED) is 0.434. The number of hydrogen-bond acceptors (Lipinski definition) is 6. The molecule has 162 valence electrons. The van der Waals surface area contributed by atoms with E-state index >= 15 is 0 Å². The number of hydrogen-bond donors (Lipinski definition) is 0. The summed E-state index contributed by atoms with van der Waals surface area (Å²) < 4.78 is 1.60. The molecule has 0 saturated carbocycles. The second-order valence-electron chi connectivity index (χ2n) is 7.94. The van der Waals surface area contributed by atoms with Gasteiger partial charge in [-0.3, -0.25) is 9.69 Å². The predicted molar refractivity (Wildman–Crippen MR) is 119 cm³/mol. The van der Waals surface area contributed by atoms with Crippen molar-refractivity contribution in [1.82, 2.24) is 19.6 Å². The van der Waals surface area contributed by atoms with Gasteiger partial charge in [-0.15, -0.1) is 11.3 Å². The molecule has 1 saturated heterocycles. The Balaban J connectivity index is 1.33. The summed E-state index contributed by atoms with van der Waals surface area (Å²) in [5, 5.41) is 16.8. The van der Waals surface area contributed by atoms with E-state index in [1.54, 1.807) is 11.6 Å². The number of thiophene rings is 1. The van der Waals surface area contributed by atoms with Crippen molar-refractivity contribution in [1.29, 1.82) is 0 Å². The van der Waals surface area contributed by atoms with E-state index < -0.39 is 4.92 Å². The van der Waals surface area contributed by atoms with Crippen molar-refractivity contribution >= 4 is 23.1 Å².